The number of carbonyl (C=O) groups excluding carboxylic acids is 2. The molecule has 0 aliphatic heterocycles. The second-order valence-electron chi connectivity index (χ2n) is 7.35. The molecule has 0 saturated heterocycles. The van der Waals surface area contributed by atoms with Gasteiger partial charge in [-0.15, -0.1) is 15.3 Å². The van der Waals surface area contributed by atoms with Crippen LogP contribution >= 0.6 is 11.6 Å². The average Bonchev–Trinajstić information content (AvgIpc) is 3.28. The van der Waals surface area contributed by atoms with Crippen LogP contribution in [0.25, 0.3) is 17.0 Å². The molecule has 10 nitrogen and oxygen atoms in total. The number of Topliss-reactive ketones (excluding diaryl/α,β-unsaturated/α-hetero) is 1. The van der Waals surface area contributed by atoms with E-state index in [0.29, 0.717) is 45.0 Å². The third-order valence-electron chi connectivity index (χ3n) is 4.96. The molecule has 0 atom stereocenters. The van der Waals surface area contributed by atoms with Crippen LogP contribution in [0.15, 0.2) is 54.6 Å². The van der Waals surface area contributed by atoms with Gasteiger partial charge in [0.05, 0.1) is 18.7 Å². The lowest BCUT2D eigenvalue weighted by Gasteiger charge is -2.12. The maximum Gasteiger partial charge on any atom is 0.258 e. The Kier molecular flexibility index (Phi) is 7.41. The summed E-state index contributed by atoms with van der Waals surface area (Å²) in [5, 5.41) is 15.9. The molecule has 2 heterocycles. The molecular weight excluding hydrogens is 474 g/mol. The Morgan fingerprint density at radius 1 is 1.03 bits per heavy atom. The van der Waals surface area contributed by atoms with Crippen LogP contribution in [0.1, 0.15) is 17.3 Å². The first-order valence-electron chi connectivity index (χ1n) is 10.6. The summed E-state index contributed by atoms with van der Waals surface area (Å²) in [6.45, 7) is 1.66. The van der Waals surface area contributed by atoms with Crippen molar-refractivity contribution >= 4 is 28.9 Å². The van der Waals surface area contributed by atoms with Crippen LogP contribution in [-0.2, 0) is 4.79 Å². The van der Waals surface area contributed by atoms with Crippen molar-refractivity contribution in [2.75, 3.05) is 26.9 Å². The van der Waals surface area contributed by atoms with E-state index in [-0.39, 0.29) is 31.4 Å². The molecule has 2 aromatic heterocycles. The number of hydrogen-bond acceptors (Lipinski definition) is 8. The molecule has 0 radical (unpaired) electrons. The van der Waals surface area contributed by atoms with Gasteiger partial charge in [-0.2, -0.15) is 4.52 Å². The van der Waals surface area contributed by atoms with Gasteiger partial charge in [0.1, 0.15) is 6.61 Å². The Morgan fingerprint density at radius 3 is 2.63 bits per heavy atom. The number of rotatable bonds is 10. The number of nitrogens with one attached hydrogen (secondary N) is 1. The Hall–Kier alpha value is -4.18. The summed E-state index contributed by atoms with van der Waals surface area (Å²) in [4.78, 5) is 23.6. The predicted octanol–water partition coefficient (Wildman–Crippen LogP) is 3.23. The van der Waals surface area contributed by atoms with Crippen LogP contribution < -0.4 is 19.5 Å². The number of ether oxygens (including phenoxy) is 3. The Bertz CT molecular complexity index is 1370. The van der Waals surface area contributed by atoms with Crippen molar-refractivity contribution in [3.63, 3.8) is 0 Å². The molecule has 4 aromatic rings. The van der Waals surface area contributed by atoms with E-state index in [9.17, 15) is 9.59 Å². The summed E-state index contributed by atoms with van der Waals surface area (Å²) < 4.78 is 18.0. The zero-order chi connectivity index (χ0) is 24.8. The topological polar surface area (TPSA) is 117 Å². The molecular formula is C24H22ClN5O5. The van der Waals surface area contributed by atoms with E-state index in [2.05, 4.69) is 20.6 Å². The first kappa shape index (κ1) is 24.0. The highest BCUT2D eigenvalue weighted by molar-refractivity contribution is 6.33. The molecule has 35 heavy (non-hydrogen) atoms. The minimum Gasteiger partial charge on any atom is -0.493 e. The van der Waals surface area contributed by atoms with E-state index in [4.69, 9.17) is 25.8 Å². The molecule has 2 aromatic carbocycles. The summed E-state index contributed by atoms with van der Waals surface area (Å²) in [5.41, 5.74) is 1.74. The predicted molar refractivity (Wildman–Crippen MR) is 128 cm³/mol. The fourth-order valence-corrected chi connectivity index (χ4v) is 3.43. The zero-order valence-corrected chi connectivity index (χ0v) is 19.8. The smallest absolute Gasteiger partial charge is 0.258 e. The van der Waals surface area contributed by atoms with Crippen molar-refractivity contribution in [2.45, 2.75) is 6.92 Å². The highest BCUT2D eigenvalue weighted by Crippen LogP contribution is 2.28. The fourth-order valence-electron chi connectivity index (χ4n) is 3.21. The molecule has 0 fully saturated rings. The Labute approximate surface area is 205 Å². The standard InChI is InChI=1S/C24H22ClN5O5/c1-15(31)16-7-8-19(20(13-16)33-2)35-14-22(32)26-11-12-34-23-10-9-21-27-28-24(30(21)29-23)17-5-3-4-6-18(17)25/h3-10,13H,11-12,14H2,1-2H3,(H,26,32). The lowest BCUT2D eigenvalue weighted by molar-refractivity contribution is -0.123. The molecule has 0 aliphatic carbocycles. The van der Waals surface area contributed by atoms with Crippen molar-refractivity contribution in [1.82, 2.24) is 25.1 Å². The Morgan fingerprint density at radius 2 is 1.86 bits per heavy atom. The van der Waals surface area contributed by atoms with Gasteiger partial charge in [-0.1, -0.05) is 23.7 Å². The maximum absolute atomic E-state index is 12.1. The minimum atomic E-state index is -0.338. The SMILES string of the molecule is COc1cc(C(C)=O)ccc1OCC(=O)NCCOc1ccc2nnc(-c3ccccc3Cl)n2n1. The highest BCUT2D eigenvalue weighted by atomic mass is 35.5. The first-order chi connectivity index (χ1) is 17.0. The normalized spacial score (nSPS) is 10.7. The number of halogens is 1. The third-order valence-corrected chi connectivity index (χ3v) is 5.29. The van der Waals surface area contributed by atoms with Gasteiger partial charge >= 0.3 is 0 Å². The second kappa shape index (κ2) is 10.8. The van der Waals surface area contributed by atoms with E-state index < -0.39 is 0 Å². The van der Waals surface area contributed by atoms with Gasteiger partial charge in [-0.25, -0.2) is 0 Å². The number of hydrogen-bond donors (Lipinski definition) is 1. The second-order valence-corrected chi connectivity index (χ2v) is 7.76. The van der Waals surface area contributed by atoms with Crippen molar-refractivity contribution < 1.29 is 23.8 Å². The van der Waals surface area contributed by atoms with Gasteiger partial charge in [0.2, 0.25) is 5.88 Å². The van der Waals surface area contributed by atoms with Crippen LogP contribution in [0.4, 0.5) is 0 Å². The van der Waals surface area contributed by atoms with E-state index in [0.717, 1.165) is 0 Å². The molecule has 0 aliphatic rings. The maximum atomic E-state index is 12.1. The molecule has 1 N–H and O–H groups in total. The lowest BCUT2D eigenvalue weighted by atomic mass is 10.1. The number of benzene rings is 2. The van der Waals surface area contributed by atoms with Crippen LogP contribution in [0.5, 0.6) is 17.4 Å². The Balaban J connectivity index is 1.29. The van der Waals surface area contributed by atoms with Gasteiger partial charge in [-0.3, -0.25) is 9.59 Å². The van der Waals surface area contributed by atoms with Gasteiger partial charge in [0.15, 0.2) is 35.4 Å². The summed E-state index contributed by atoms with van der Waals surface area (Å²) >= 11 is 6.28. The number of amides is 1. The quantitative estimate of drug-likeness (QED) is 0.263. The lowest BCUT2D eigenvalue weighted by Crippen LogP contribution is -2.32. The van der Waals surface area contributed by atoms with Crippen molar-refractivity contribution in [2.24, 2.45) is 0 Å². The molecule has 0 bridgehead atoms. The summed E-state index contributed by atoms with van der Waals surface area (Å²) in [6, 6.07) is 15.5. The highest BCUT2D eigenvalue weighted by Gasteiger charge is 2.13. The number of ketones is 1. The largest absolute Gasteiger partial charge is 0.493 e. The fraction of sp³-hybridized carbons (Fsp3) is 0.208. The van der Waals surface area contributed by atoms with Gasteiger partial charge in [0, 0.05) is 17.2 Å². The van der Waals surface area contributed by atoms with Crippen LogP contribution in [0, 0.1) is 0 Å². The van der Waals surface area contributed by atoms with Crippen molar-refractivity contribution in [3.05, 3.63) is 65.2 Å². The van der Waals surface area contributed by atoms with E-state index in [1.54, 1.807) is 40.9 Å². The average molecular weight is 496 g/mol. The van der Waals surface area contributed by atoms with Crippen LogP contribution in [0.3, 0.4) is 0 Å². The van der Waals surface area contributed by atoms with Crippen molar-refractivity contribution in [1.29, 1.82) is 0 Å². The van der Waals surface area contributed by atoms with E-state index >= 15 is 0 Å². The molecule has 0 unspecified atom stereocenters. The van der Waals surface area contributed by atoms with Crippen LogP contribution in [-0.4, -0.2) is 58.4 Å². The molecule has 0 saturated carbocycles. The van der Waals surface area contributed by atoms with Crippen LogP contribution in [0.2, 0.25) is 5.02 Å². The molecule has 4 rings (SSSR count). The van der Waals surface area contributed by atoms with E-state index in [1.165, 1.54) is 14.0 Å². The molecule has 180 valence electrons. The number of aromatic nitrogens is 4. The first-order valence-corrected chi connectivity index (χ1v) is 11.0. The summed E-state index contributed by atoms with van der Waals surface area (Å²) in [5.74, 6) is 1.14. The third kappa shape index (κ3) is 5.67. The molecule has 1 amide bonds. The molecule has 0 spiro atoms. The zero-order valence-electron chi connectivity index (χ0n) is 19.0. The van der Waals surface area contributed by atoms with Gasteiger partial charge in [-0.05, 0) is 43.3 Å². The number of nitrogens with zero attached hydrogens (tertiary/aromatic N) is 4. The van der Waals surface area contributed by atoms with Gasteiger partial charge in [0.25, 0.3) is 5.91 Å². The molecule has 11 heteroatoms. The number of methoxy groups -OCH3 is 1. The monoisotopic (exact) mass is 495 g/mol. The van der Waals surface area contributed by atoms with Gasteiger partial charge < -0.3 is 19.5 Å². The number of fused-ring (bicyclic) bond motifs is 1. The van der Waals surface area contributed by atoms with Crippen molar-refractivity contribution in [3.8, 4) is 28.8 Å². The minimum absolute atomic E-state index is 0.0920. The van der Waals surface area contributed by atoms with E-state index in [1.807, 2.05) is 18.2 Å². The number of carbonyl (C=O) groups is 2. The summed E-state index contributed by atoms with van der Waals surface area (Å²) in [6.07, 6.45) is 0. The summed E-state index contributed by atoms with van der Waals surface area (Å²) in [7, 11) is 1.46.